The third-order valence-electron chi connectivity index (χ3n) is 5.70. The molecule has 2 fully saturated rings. The van der Waals surface area contributed by atoms with Crippen molar-refractivity contribution in [3.05, 3.63) is 27.7 Å². The van der Waals surface area contributed by atoms with Crippen molar-refractivity contribution in [2.24, 2.45) is 0 Å². The maximum Gasteiger partial charge on any atom is 0.358 e. The summed E-state index contributed by atoms with van der Waals surface area (Å²) in [4.78, 5) is 85.6. The molecule has 2 atom stereocenters. The smallest absolute Gasteiger partial charge is 0.358 e. The monoisotopic (exact) mass is 570 g/mol. The lowest BCUT2D eigenvalue weighted by Gasteiger charge is -2.42. The SMILES string of the molecule is CC(=O)Nc1c(Cl)cc(C(=O)NN2CCC(=O)N3CCCC(C(=O)NC(C=O)CC(=O)O)N3C2=O)cc1Cl. The standard InChI is InChI=1S/C22H24Cl2N6O8/c1-11(32)25-19-14(23)7-12(8-15(19)24)20(36)27-28-6-4-17(33)29-5-2-3-16(30(29)22(28)38)21(37)26-13(10-31)9-18(34)35/h7-8,10,13,16H,2-6,9H2,1H3,(H,25,32)(H,26,37)(H,27,36)(H,34,35). The maximum absolute atomic E-state index is 13.4. The molecular weight excluding hydrogens is 547 g/mol. The highest BCUT2D eigenvalue weighted by Gasteiger charge is 2.44. The topological polar surface area (TPSA) is 186 Å². The minimum Gasteiger partial charge on any atom is -0.481 e. The van der Waals surface area contributed by atoms with Gasteiger partial charge in [0.1, 0.15) is 12.3 Å². The zero-order valence-electron chi connectivity index (χ0n) is 20.0. The Kier molecular flexibility index (Phi) is 9.12. The molecule has 6 amide bonds. The Balaban J connectivity index is 1.83. The molecule has 4 N–H and O–H groups in total. The molecule has 16 heteroatoms. The highest BCUT2D eigenvalue weighted by atomic mass is 35.5. The minimum atomic E-state index is -1.33. The van der Waals surface area contributed by atoms with Gasteiger partial charge in [0.25, 0.3) is 5.91 Å². The molecule has 0 aromatic heterocycles. The first-order valence-electron chi connectivity index (χ1n) is 11.4. The number of aliphatic carboxylic acids is 1. The Labute approximate surface area is 226 Å². The lowest BCUT2D eigenvalue weighted by atomic mass is 10.1. The third-order valence-corrected chi connectivity index (χ3v) is 6.29. The lowest BCUT2D eigenvalue weighted by molar-refractivity contribution is -0.155. The van der Waals surface area contributed by atoms with Gasteiger partial charge in [0, 0.05) is 25.5 Å². The summed E-state index contributed by atoms with van der Waals surface area (Å²) in [5, 5.41) is 16.5. The van der Waals surface area contributed by atoms with Gasteiger partial charge in [-0.25, -0.2) is 19.8 Å². The molecule has 0 spiro atoms. The van der Waals surface area contributed by atoms with Crippen molar-refractivity contribution in [3.8, 4) is 0 Å². The fraction of sp³-hybridized carbons (Fsp3) is 0.409. The van der Waals surface area contributed by atoms with E-state index in [0.29, 0.717) is 6.42 Å². The Hall–Kier alpha value is -3.91. The van der Waals surface area contributed by atoms with Crippen LogP contribution < -0.4 is 16.1 Å². The van der Waals surface area contributed by atoms with Crippen molar-refractivity contribution >= 4 is 70.8 Å². The molecule has 3 rings (SSSR count). The summed E-state index contributed by atoms with van der Waals surface area (Å²) in [6.07, 6.45) is -0.0790. The molecule has 204 valence electrons. The molecule has 2 aliphatic rings. The number of carboxylic acids is 1. The number of fused-ring (bicyclic) bond motifs is 1. The predicted octanol–water partition coefficient (Wildman–Crippen LogP) is 0.789. The van der Waals surface area contributed by atoms with Crippen LogP contribution in [0.4, 0.5) is 10.5 Å². The number of benzene rings is 1. The Morgan fingerprint density at radius 2 is 1.82 bits per heavy atom. The average molecular weight is 571 g/mol. The number of carbonyl (C=O) groups is 7. The average Bonchev–Trinajstić information content (AvgIpc) is 2.97. The maximum atomic E-state index is 13.4. The van der Waals surface area contributed by atoms with Crippen LogP contribution in [0.25, 0.3) is 0 Å². The number of carbonyl (C=O) groups excluding carboxylic acids is 6. The normalized spacial score (nSPS) is 18.2. The Bertz CT molecular complexity index is 1170. The zero-order valence-corrected chi connectivity index (χ0v) is 21.5. The van der Waals surface area contributed by atoms with E-state index in [-0.39, 0.29) is 53.5 Å². The van der Waals surface area contributed by atoms with Crippen LogP contribution in [-0.2, 0) is 24.0 Å². The number of amides is 6. The number of hydrogen-bond acceptors (Lipinski definition) is 7. The van der Waals surface area contributed by atoms with Gasteiger partial charge in [-0.3, -0.25) is 29.4 Å². The van der Waals surface area contributed by atoms with Crippen LogP contribution in [0.3, 0.4) is 0 Å². The van der Waals surface area contributed by atoms with Gasteiger partial charge in [0.05, 0.1) is 34.7 Å². The molecule has 1 aromatic carbocycles. The summed E-state index contributed by atoms with van der Waals surface area (Å²) in [6, 6.07) is -1.01. The van der Waals surface area contributed by atoms with Crippen LogP contribution in [0.2, 0.25) is 10.0 Å². The summed E-state index contributed by atoms with van der Waals surface area (Å²) >= 11 is 12.3. The van der Waals surface area contributed by atoms with Crippen molar-refractivity contribution in [1.82, 2.24) is 25.8 Å². The van der Waals surface area contributed by atoms with E-state index in [2.05, 4.69) is 16.1 Å². The molecule has 2 heterocycles. The highest BCUT2D eigenvalue weighted by Crippen LogP contribution is 2.32. The number of anilines is 1. The Morgan fingerprint density at radius 3 is 2.39 bits per heavy atom. The minimum absolute atomic E-state index is 0.0275. The van der Waals surface area contributed by atoms with Gasteiger partial charge in [-0.1, -0.05) is 23.2 Å². The molecule has 0 bridgehead atoms. The fourth-order valence-electron chi connectivity index (χ4n) is 4.00. The van der Waals surface area contributed by atoms with Gasteiger partial charge in [-0.05, 0) is 25.0 Å². The number of aldehydes is 1. The van der Waals surface area contributed by atoms with Gasteiger partial charge in [0.15, 0.2) is 0 Å². The first kappa shape index (κ1) is 28.7. The largest absolute Gasteiger partial charge is 0.481 e. The fourth-order valence-corrected chi connectivity index (χ4v) is 4.58. The van der Waals surface area contributed by atoms with Crippen molar-refractivity contribution in [2.75, 3.05) is 18.4 Å². The zero-order chi connectivity index (χ0) is 28.1. The number of halogens is 2. The van der Waals surface area contributed by atoms with Crippen LogP contribution in [0, 0.1) is 0 Å². The van der Waals surface area contributed by atoms with Crippen molar-refractivity contribution in [3.63, 3.8) is 0 Å². The van der Waals surface area contributed by atoms with E-state index in [4.69, 9.17) is 28.3 Å². The van der Waals surface area contributed by atoms with E-state index < -0.39 is 54.1 Å². The van der Waals surface area contributed by atoms with Crippen molar-refractivity contribution in [2.45, 2.75) is 44.7 Å². The molecule has 0 saturated carbocycles. The van der Waals surface area contributed by atoms with Gasteiger partial charge in [0.2, 0.25) is 17.7 Å². The molecule has 2 aliphatic heterocycles. The lowest BCUT2D eigenvalue weighted by Crippen LogP contribution is -2.64. The molecule has 14 nitrogen and oxygen atoms in total. The van der Waals surface area contributed by atoms with E-state index in [1.807, 2.05) is 0 Å². The number of urea groups is 1. The van der Waals surface area contributed by atoms with Gasteiger partial charge in [-0.2, -0.15) is 0 Å². The second-order valence-corrected chi connectivity index (χ2v) is 9.30. The molecule has 2 saturated heterocycles. The summed E-state index contributed by atoms with van der Waals surface area (Å²) in [5.41, 5.74) is 2.43. The summed E-state index contributed by atoms with van der Waals surface area (Å²) in [7, 11) is 0. The van der Waals surface area contributed by atoms with Crippen LogP contribution in [0.15, 0.2) is 12.1 Å². The van der Waals surface area contributed by atoms with Crippen LogP contribution in [0.5, 0.6) is 0 Å². The van der Waals surface area contributed by atoms with Gasteiger partial charge < -0.3 is 20.5 Å². The van der Waals surface area contributed by atoms with Crippen molar-refractivity contribution < 1.29 is 38.7 Å². The Morgan fingerprint density at radius 1 is 1.16 bits per heavy atom. The van der Waals surface area contributed by atoms with E-state index >= 15 is 0 Å². The third kappa shape index (κ3) is 6.50. The highest BCUT2D eigenvalue weighted by molar-refractivity contribution is 6.40. The van der Waals surface area contributed by atoms with Crippen LogP contribution in [-0.4, -0.2) is 87.2 Å². The number of hydrazine groups is 2. The number of nitrogens with one attached hydrogen (secondary N) is 3. The molecule has 0 radical (unpaired) electrons. The van der Waals surface area contributed by atoms with Gasteiger partial charge >= 0.3 is 12.0 Å². The van der Waals surface area contributed by atoms with Crippen LogP contribution >= 0.6 is 23.2 Å². The van der Waals surface area contributed by atoms with Gasteiger partial charge in [-0.15, -0.1) is 0 Å². The second kappa shape index (κ2) is 12.1. The van der Waals surface area contributed by atoms with E-state index in [1.54, 1.807) is 0 Å². The number of carboxylic acid groups (broad SMARTS) is 1. The summed E-state index contributed by atoms with van der Waals surface area (Å²) in [5.74, 6) is -3.85. The number of rotatable bonds is 8. The molecule has 1 aromatic rings. The number of nitrogens with zero attached hydrogens (tertiary/aromatic N) is 3. The van der Waals surface area contributed by atoms with Crippen molar-refractivity contribution in [1.29, 1.82) is 0 Å². The number of hydrogen-bond donors (Lipinski definition) is 4. The molecular formula is C22H24Cl2N6O8. The first-order valence-corrected chi connectivity index (χ1v) is 12.1. The van der Waals surface area contributed by atoms with Crippen LogP contribution in [0.1, 0.15) is 43.0 Å². The molecule has 38 heavy (non-hydrogen) atoms. The van der Waals surface area contributed by atoms with E-state index in [9.17, 15) is 33.6 Å². The predicted molar refractivity (Wildman–Crippen MR) is 132 cm³/mol. The summed E-state index contributed by atoms with van der Waals surface area (Å²) < 4.78 is 0. The quantitative estimate of drug-likeness (QED) is 0.330. The second-order valence-electron chi connectivity index (χ2n) is 8.49. The van der Waals surface area contributed by atoms with E-state index in [0.717, 1.165) is 15.0 Å². The van der Waals surface area contributed by atoms with E-state index in [1.165, 1.54) is 19.1 Å². The molecule has 0 aliphatic carbocycles. The summed E-state index contributed by atoms with van der Waals surface area (Å²) in [6.45, 7) is 1.17. The molecule has 2 unspecified atom stereocenters. The first-order chi connectivity index (χ1) is 17.9.